The van der Waals surface area contributed by atoms with Crippen LogP contribution >= 0.6 is 0 Å². The monoisotopic (exact) mass is 350 g/mol. The van der Waals surface area contributed by atoms with Crippen LogP contribution in [0.2, 0.25) is 0 Å². The summed E-state index contributed by atoms with van der Waals surface area (Å²) in [4.78, 5) is 16.5. The van der Waals surface area contributed by atoms with Crippen LogP contribution in [0.1, 0.15) is 11.3 Å². The van der Waals surface area contributed by atoms with Gasteiger partial charge in [0.05, 0.1) is 12.8 Å². The van der Waals surface area contributed by atoms with Crippen LogP contribution in [0.25, 0.3) is 0 Å². The average molecular weight is 350 g/mol. The van der Waals surface area contributed by atoms with Crippen molar-refractivity contribution >= 4 is 11.6 Å². The highest BCUT2D eigenvalue weighted by Crippen LogP contribution is 2.18. The van der Waals surface area contributed by atoms with E-state index in [2.05, 4.69) is 41.4 Å². The average Bonchev–Trinajstić information content (AvgIpc) is 3.18. The number of furan rings is 1. The Labute approximate surface area is 153 Å². The fourth-order valence-corrected chi connectivity index (χ4v) is 2.93. The number of amides is 1. The summed E-state index contributed by atoms with van der Waals surface area (Å²) in [5, 5.41) is 12.0. The Morgan fingerprint density at radius 3 is 2.73 bits per heavy atom. The zero-order valence-corrected chi connectivity index (χ0v) is 14.8. The molecule has 0 spiro atoms. The Kier molecular flexibility index (Phi) is 5.59. The summed E-state index contributed by atoms with van der Waals surface area (Å²) in [6.07, 6.45) is 3.21. The molecule has 1 saturated heterocycles. The first kappa shape index (κ1) is 17.6. The van der Waals surface area contributed by atoms with Crippen molar-refractivity contribution in [1.82, 2.24) is 10.2 Å². The molecule has 1 aromatic carbocycles. The van der Waals surface area contributed by atoms with E-state index >= 15 is 0 Å². The normalized spacial score (nSPS) is 14.8. The minimum Gasteiger partial charge on any atom is -0.467 e. The lowest BCUT2D eigenvalue weighted by atomic mass is 10.2. The summed E-state index contributed by atoms with van der Waals surface area (Å²) >= 11 is 0. The van der Waals surface area contributed by atoms with Gasteiger partial charge in [0.1, 0.15) is 17.4 Å². The molecule has 26 heavy (non-hydrogen) atoms. The molecule has 1 N–H and O–H groups in total. The van der Waals surface area contributed by atoms with Crippen LogP contribution in [-0.4, -0.2) is 37.0 Å². The molecule has 0 saturated carbocycles. The van der Waals surface area contributed by atoms with Gasteiger partial charge in [-0.3, -0.25) is 4.79 Å². The molecule has 0 atom stereocenters. The van der Waals surface area contributed by atoms with E-state index in [-0.39, 0.29) is 18.0 Å². The second-order valence-electron chi connectivity index (χ2n) is 6.28. The Morgan fingerprint density at radius 1 is 1.27 bits per heavy atom. The maximum atomic E-state index is 12.2. The van der Waals surface area contributed by atoms with Crippen LogP contribution in [-0.2, 0) is 11.3 Å². The molecular weight excluding hydrogens is 328 g/mol. The number of nitrogens with one attached hydrogen (secondary N) is 1. The van der Waals surface area contributed by atoms with E-state index in [0.29, 0.717) is 5.76 Å². The highest BCUT2D eigenvalue weighted by molar-refractivity contribution is 5.97. The number of carbonyl (C=O) groups excluding carboxylic acids is 1. The predicted molar refractivity (Wildman–Crippen MR) is 99.2 cm³/mol. The molecule has 6 heteroatoms. The quantitative estimate of drug-likeness (QED) is 0.662. The second kappa shape index (κ2) is 8.26. The summed E-state index contributed by atoms with van der Waals surface area (Å²) in [7, 11) is 0. The molecule has 1 amide bonds. The summed E-state index contributed by atoms with van der Waals surface area (Å²) in [6, 6.07) is 14.0. The standard InChI is InChI=1S/C20H22N4O2/c1-16-4-2-5-18(12-16)24-9-7-23(8-10-24)15-17(13-21)20(25)22-14-19-6-3-11-26-19/h2-6,11-12,15H,7-10,14H2,1H3,(H,22,25)/b17-15-. The first-order valence-electron chi connectivity index (χ1n) is 8.64. The van der Waals surface area contributed by atoms with Crippen molar-refractivity contribution in [2.45, 2.75) is 13.5 Å². The van der Waals surface area contributed by atoms with Crippen LogP contribution in [0.3, 0.4) is 0 Å². The lowest BCUT2D eigenvalue weighted by Gasteiger charge is -2.35. The van der Waals surface area contributed by atoms with E-state index in [4.69, 9.17) is 4.42 Å². The van der Waals surface area contributed by atoms with Gasteiger partial charge in [0, 0.05) is 38.1 Å². The van der Waals surface area contributed by atoms with Crippen LogP contribution in [0.5, 0.6) is 0 Å². The van der Waals surface area contributed by atoms with Gasteiger partial charge in [-0.1, -0.05) is 12.1 Å². The van der Waals surface area contributed by atoms with Gasteiger partial charge in [0.15, 0.2) is 0 Å². The highest BCUT2D eigenvalue weighted by atomic mass is 16.3. The van der Waals surface area contributed by atoms with Crippen LogP contribution in [0.4, 0.5) is 5.69 Å². The van der Waals surface area contributed by atoms with Gasteiger partial charge in [0.25, 0.3) is 5.91 Å². The van der Waals surface area contributed by atoms with Gasteiger partial charge >= 0.3 is 0 Å². The summed E-state index contributed by atoms with van der Waals surface area (Å²) in [6.45, 7) is 5.60. The molecule has 0 radical (unpaired) electrons. The van der Waals surface area contributed by atoms with E-state index in [1.807, 2.05) is 11.0 Å². The van der Waals surface area contributed by atoms with Crippen molar-refractivity contribution in [1.29, 1.82) is 5.26 Å². The zero-order chi connectivity index (χ0) is 18.4. The molecule has 2 heterocycles. The first-order chi connectivity index (χ1) is 12.7. The molecule has 1 aliphatic rings. The maximum absolute atomic E-state index is 12.2. The summed E-state index contributed by atoms with van der Waals surface area (Å²) in [5.74, 6) is 0.271. The van der Waals surface area contributed by atoms with E-state index in [9.17, 15) is 10.1 Å². The van der Waals surface area contributed by atoms with E-state index in [1.165, 1.54) is 11.3 Å². The van der Waals surface area contributed by atoms with E-state index in [0.717, 1.165) is 26.2 Å². The highest BCUT2D eigenvalue weighted by Gasteiger charge is 2.17. The molecule has 1 aromatic heterocycles. The smallest absolute Gasteiger partial charge is 0.263 e. The zero-order valence-electron chi connectivity index (χ0n) is 14.8. The van der Waals surface area contributed by atoms with Crippen molar-refractivity contribution in [3.63, 3.8) is 0 Å². The van der Waals surface area contributed by atoms with Crippen molar-refractivity contribution in [2.75, 3.05) is 31.1 Å². The maximum Gasteiger partial charge on any atom is 0.263 e. The lowest BCUT2D eigenvalue weighted by molar-refractivity contribution is -0.117. The molecule has 0 bridgehead atoms. The fraction of sp³-hybridized carbons (Fsp3) is 0.300. The molecule has 1 fully saturated rings. The Morgan fingerprint density at radius 2 is 2.08 bits per heavy atom. The van der Waals surface area contributed by atoms with Crippen LogP contribution < -0.4 is 10.2 Å². The number of nitrogens with zero attached hydrogens (tertiary/aromatic N) is 3. The Hall–Kier alpha value is -3.20. The molecule has 6 nitrogen and oxygen atoms in total. The number of nitriles is 1. The van der Waals surface area contributed by atoms with Gasteiger partial charge in [0.2, 0.25) is 0 Å². The first-order valence-corrected chi connectivity index (χ1v) is 8.64. The number of hydrogen-bond donors (Lipinski definition) is 1. The van der Waals surface area contributed by atoms with E-state index in [1.54, 1.807) is 24.6 Å². The number of hydrogen-bond acceptors (Lipinski definition) is 5. The molecule has 3 rings (SSSR count). The third kappa shape index (κ3) is 4.45. The number of rotatable bonds is 5. The minimum absolute atomic E-state index is 0.112. The number of aryl methyl sites for hydroxylation is 1. The largest absolute Gasteiger partial charge is 0.467 e. The summed E-state index contributed by atoms with van der Waals surface area (Å²) in [5.41, 5.74) is 2.57. The number of anilines is 1. The Bertz CT molecular complexity index is 813. The number of benzene rings is 1. The lowest BCUT2D eigenvalue weighted by Crippen LogP contribution is -2.44. The van der Waals surface area contributed by atoms with Gasteiger partial charge in [-0.05, 0) is 36.8 Å². The van der Waals surface area contributed by atoms with Gasteiger partial charge in [-0.2, -0.15) is 5.26 Å². The third-order valence-electron chi connectivity index (χ3n) is 4.36. The molecule has 2 aromatic rings. The molecule has 0 aliphatic carbocycles. The SMILES string of the molecule is Cc1cccc(N2CCN(/C=C(/C#N)C(=O)NCc3ccco3)CC2)c1. The number of carbonyl (C=O) groups is 1. The predicted octanol–water partition coefficient (Wildman–Crippen LogP) is 2.43. The summed E-state index contributed by atoms with van der Waals surface area (Å²) < 4.78 is 5.18. The number of piperazine rings is 1. The molecule has 1 aliphatic heterocycles. The minimum atomic E-state index is -0.384. The van der Waals surface area contributed by atoms with Crippen LogP contribution in [0.15, 0.2) is 58.9 Å². The molecule has 134 valence electrons. The molecular formula is C20H22N4O2. The molecule has 0 unspecified atom stereocenters. The van der Waals surface area contributed by atoms with E-state index < -0.39 is 0 Å². The van der Waals surface area contributed by atoms with Gasteiger partial charge < -0.3 is 19.5 Å². The fourth-order valence-electron chi connectivity index (χ4n) is 2.93. The van der Waals surface area contributed by atoms with Gasteiger partial charge in [-0.15, -0.1) is 0 Å². The van der Waals surface area contributed by atoms with Crippen molar-refractivity contribution in [3.8, 4) is 6.07 Å². The van der Waals surface area contributed by atoms with Crippen molar-refractivity contribution in [3.05, 3.63) is 65.8 Å². The van der Waals surface area contributed by atoms with Crippen LogP contribution in [0, 0.1) is 18.3 Å². The van der Waals surface area contributed by atoms with Gasteiger partial charge in [-0.25, -0.2) is 0 Å². The Balaban J connectivity index is 1.55. The topological polar surface area (TPSA) is 72.5 Å². The van der Waals surface area contributed by atoms with Crippen molar-refractivity contribution in [2.24, 2.45) is 0 Å². The second-order valence-corrected chi connectivity index (χ2v) is 6.28. The van der Waals surface area contributed by atoms with Crippen molar-refractivity contribution < 1.29 is 9.21 Å². The third-order valence-corrected chi connectivity index (χ3v) is 4.36.